The van der Waals surface area contributed by atoms with Gasteiger partial charge in [0.25, 0.3) is 0 Å². The second kappa shape index (κ2) is 5.63. The van der Waals surface area contributed by atoms with Crippen LogP contribution in [0.3, 0.4) is 0 Å². The van der Waals surface area contributed by atoms with Crippen molar-refractivity contribution in [2.24, 2.45) is 0 Å². The van der Waals surface area contributed by atoms with Gasteiger partial charge in [-0.1, -0.05) is 23.7 Å². The van der Waals surface area contributed by atoms with Gasteiger partial charge in [-0.3, -0.25) is 0 Å². The van der Waals surface area contributed by atoms with E-state index in [1.807, 2.05) is 5.32 Å². The number of amides is 2. The molecular formula is C11H9ClF6N2O. The maximum Gasteiger partial charge on any atom is 0.420 e. The fourth-order valence-electron chi connectivity index (χ4n) is 1.25. The molecule has 3 nitrogen and oxygen atoms in total. The predicted molar refractivity (Wildman–Crippen MR) is 64.1 cm³/mol. The van der Waals surface area contributed by atoms with Gasteiger partial charge in [0.2, 0.25) is 5.54 Å². The quantitative estimate of drug-likeness (QED) is 0.776. The third-order valence-electron chi connectivity index (χ3n) is 2.62. The molecule has 2 amide bonds. The Morgan fingerprint density at radius 2 is 1.52 bits per heavy atom. The van der Waals surface area contributed by atoms with Gasteiger partial charge in [-0.25, -0.2) is 4.79 Å². The summed E-state index contributed by atoms with van der Waals surface area (Å²) in [7, 11) is 0. The third-order valence-corrected chi connectivity index (χ3v) is 2.95. The summed E-state index contributed by atoms with van der Waals surface area (Å²) in [5, 5.41) is 2.68. The maximum atomic E-state index is 12.6. The summed E-state index contributed by atoms with van der Waals surface area (Å²) in [4.78, 5) is 11.4. The summed E-state index contributed by atoms with van der Waals surface area (Å²) in [5.41, 5.74) is -4.51. The second-order valence-corrected chi connectivity index (χ2v) is 4.59. The van der Waals surface area contributed by atoms with Gasteiger partial charge in [0.1, 0.15) is 0 Å². The monoisotopic (exact) mass is 334 g/mol. The summed E-state index contributed by atoms with van der Waals surface area (Å²) < 4.78 is 75.5. The van der Waals surface area contributed by atoms with Gasteiger partial charge in [0.15, 0.2) is 0 Å². The molecule has 0 spiro atoms. The molecule has 0 aliphatic heterocycles. The van der Waals surface area contributed by atoms with Crippen LogP contribution in [0.15, 0.2) is 24.3 Å². The first-order valence-electron chi connectivity index (χ1n) is 5.35. The van der Waals surface area contributed by atoms with Crippen molar-refractivity contribution in [1.29, 1.82) is 0 Å². The van der Waals surface area contributed by atoms with Gasteiger partial charge in [-0.2, -0.15) is 26.3 Å². The Labute approximate surface area is 120 Å². The first-order chi connectivity index (χ1) is 9.38. The van der Waals surface area contributed by atoms with Crippen molar-refractivity contribution in [3.8, 4) is 0 Å². The summed E-state index contributed by atoms with van der Waals surface area (Å²) in [5.74, 6) is 0. The van der Waals surface area contributed by atoms with Crippen molar-refractivity contribution < 1.29 is 31.1 Å². The SMILES string of the molecule is CC(NC(=O)Nc1ccccc1Cl)(C(F)(F)F)C(F)(F)F. The number of para-hydroxylation sites is 1. The summed E-state index contributed by atoms with van der Waals surface area (Å²) in [6.45, 7) is -0.167. The molecule has 0 saturated carbocycles. The molecule has 0 atom stereocenters. The molecule has 0 bridgehead atoms. The fourth-order valence-corrected chi connectivity index (χ4v) is 1.43. The standard InChI is InChI=1S/C11H9ClF6N2O/c1-9(10(13,14)15,11(16,17)18)20-8(21)19-7-5-3-2-4-6(7)12/h2-5H,1H3,(H2,19,20,21). The van der Waals surface area contributed by atoms with Crippen LogP contribution in [0.25, 0.3) is 0 Å². The van der Waals surface area contributed by atoms with Gasteiger partial charge >= 0.3 is 18.4 Å². The largest absolute Gasteiger partial charge is 0.420 e. The highest BCUT2D eigenvalue weighted by atomic mass is 35.5. The summed E-state index contributed by atoms with van der Waals surface area (Å²) in [6, 6.07) is 3.72. The number of anilines is 1. The first-order valence-corrected chi connectivity index (χ1v) is 5.73. The number of alkyl halides is 6. The lowest BCUT2D eigenvalue weighted by Gasteiger charge is -2.34. The minimum Gasteiger partial charge on any atom is -0.316 e. The highest BCUT2D eigenvalue weighted by molar-refractivity contribution is 6.33. The smallest absolute Gasteiger partial charge is 0.316 e. The van der Waals surface area contributed by atoms with Gasteiger partial charge in [-0.15, -0.1) is 0 Å². The number of hydrogen-bond donors (Lipinski definition) is 2. The lowest BCUT2D eigenvalue weighted by molar-refractivity contribution is -0.297. The Bertz CT molecular complexity index is 514. The van der Waals surface area contributed by atoms with E-state index in [0.29, 0.717) is 0 Å². The van der Waals surface area contributed by atoms with Gasteiger partial charge in [-0.05, 0) is 19.1 Å². The van der Waals surface area contributed by atoms with Crippen LogP contribution in [0.4, 0.5) is 36.8 Å². The zero-order valence-electron chi connectivity index (χ0n) is 10.4. The molecule has 21 heavy (non-hydrogen) atoms. The van der Waals surface area contributed by atoms with Crippen molar-refractivity contribution in [2.75, 3.05) is 5.32 Å². The lowest BCUT2D eigenvalue weighted by atomic mass is 10.0. The van der Waals surface area contributed by atoms with E-state index < -0.39 is 23.9 Å². The first kappa shape index (κ1) is 17.4. The minimum atomic E-state index is -5.72. The fraction of sp³-hybridized carbons (Fsp3) is 0.364. The zero-order chi connectivity index (χ0) is 16.5. The molecule has 2 N–H and O–H groups in total. The molecule has 0 fully saturated rings. The number of carbonyl (C=O) groups is 1. The van der Waals surface area contributed by atoms with E-state index in [0.717, 1.165) is 5.32 Å². The maximum absolute atomic E-state index is 12.6. The molecule has 0 aliphatic rings. The Kier molecular flexibility index (Phi) is 4.66. The van der Waals surface area contributed by atoms with Crippen molar-refractivity contribution >= 4 is 23.3 Å². The van der Waals surface area contributed by atoms with E-state index in [2.05, 4.69) is 0 Å². The van der Waals surface area contributed by atoms with E-state index in [1.165, 1.54) is 24.3 Å². The highest BCUT2D eigenvalue weighted by Crippen LogP contribution is 2.42. The summed E-state index contributed by atoms with van der Waals surface area (Å²) in [6.07, 6.45) is -11.4. The molecule has 0 saturated heterocycles. The number of nitrogens with one attached hydrogen (secondary N) is 2. The molecule has 0 aliphatic carbocycles. The van der Waals surface area contributed by atoms with Crippen LogP contribution in [0.1, 0.15) is 6.92 Å². The van der Waals surface area contributed by atoms with E-state index in [-0.39, 0.29) is 17.6 Å². The zero-order valence-corrected chi connectivity index (χ0v) is 11.1. The molecule has 0 unspecified atom stereocenters. The van der Waals surface area contributed by atoms with E-state index in [4.69, 9.17) is 11.6 Å². The molecule has 0 radical (unpaired) electrons. The predicted octanol–water partition coefficient (Wildman–Crippen LogP) is 4.34. The number of carbonyl (C=O) groups excluding carboxylic acids is 1. The number of halogens is 7. The van der Waals surface area contributed by atoms with Crippen LogP contribution in [0.5, 0.6) is 0 Å². The Balaban J connectivity index is 2.96. The molecule has 0 heterocycles. The summed E-state index contributed by atoms with van der Waals surface area (Å²) >= 11 is 5.63. The Hall–Kier alpha value is -1.64. The molecule has 10 heteroatoms. The van der Waals surface area contributed by atoms with Crippen LogP contribution < -0.4 is 10.6 Å². The van der Waals surface area contributed by atoms with Crippen molar-refractivity contribution in [2.45, 2.75) is 24.8 Å². The second-order valence-electron chi connectivity index (χ2n) is 4.18. The van der Waals surface area contributed by atoms with E-state index >= 15 is 0 Å². The van der Waals surface area contributed by atoms with Crippen molar-refractivity contribution in [3.63, 3.8) is 0 Å². The molecule has 118 valence electrons. The Morgan fingerprint density at radius 1 is 1.05 bits per heavy atom. The number of urea groups is 1. The number of rotatable bonds is 2. The average Bonchev–Trinajstić information content (AvgIpc) is 2.29. The topological polar surface area (TPSA) is 41.1 Å². The third kappa shape index (κ3) is 3.72. The van der Waals surface area contributed by atoms with Crippen molar-refractivity contribution in [1.82, 2.24) is 5.32 Å². The van der Waals surface area contributed by atoms with E-state index in [1.54, 1.807) is 0 Å². The average molecular weight is 335 g/mol. The molecule has 1 aromatic rings. The van der Waals surface area contributed by atoms with Crippen LogP contribution in [-0.2, 0) is 0 Å². The van der Waals surface area contributed by atoms with Crippen LogP contribution in [-0.4, -0.2) is 23.9 Å². The van der Waals surface area contributed by atoms with Gasteiger partial charge in [0.05, 0.1) is 10.7 Å². The van der Waals surface area contributed by atoms with E-state index in [9.17, 15) is 31.1 Å². The van der Waals surface area contributed by atoms with Crippen LogP contribution in [0, 0.1) is 0 Å². The molecule has 1 rings (SSSR count). The van der Waals surface area contributed by atoms with Crippen molar-refractivity contribution in [3.05, 3.63) is 29.3 Å². The molecule has 0 aromatic heterocycles. The van der Waals surface area contributed by atoms with Gasteiger partial charge in [0, 0.05) is 0 Å². The lowest BCUT2D eigenvalue weighted by Crippen LogP contribution is -2.66. The molecular weight excluding hydrogens is 326 g/mol. The van der Waals surface area contributed by atoms with Crippen LogP contribution in [0.2, 0.25) is 5.02 Å². The number of hydrogen-bond acceptors (Lipinski definition) is 1. The normalized spacial score (nSPS) is 13.0. The van der Waals surface area contributed by atoms with Crippen LogP contribution >= 0.6 is 11.6 Å². The highest BCUT2D eigenvalue weighted by Gasteiger charge is 2.68. The Morgan fingerprint density at radius 3 is 1.95 bits per heavy atom. The minimum absolute atomic E-state index is 0.0339. The number of benzene rings is 1. The van der Waals surface area contributed by atoms with Gasteiger partial charge < -0.3 is 10.6 Å². The molecule has 1 aromatic carbocycles.